The fraction of sp³-hybridized carbons (Fsp3) is 0.625. The smallest absolute Gasteiger partial charge is 0.265 e. The van der Waals surface area contributed by atoms with Gasteiger partial charge < -0.3 is 9.42 Å². The number of rotatable bonds is 4. The van der Waals surface area contributed by atoms with E-state index >= 15 is 0 Å². The van der Waals surface area contributed by atoms with Crippen LogP contribution in [0.4, 0.5) is 0 Å². The quantitative estimate of drug-likeness (QED) is 0.842. The van der Waals surface area contributed by atoms with E-state index in [4.69, 9.17) is 4.52 Å². The van der Waals surface area contributed by atoms with Gasteiger partial charge in [-0.15, -0.1) is 11.3 Å². The Hall–Kier alpha value is -1.80. The summed E-state index contributed by atoms with van der Waals surface area (Å²) in [6, 6.07) is 0. The summed E-state index contributed by atoms with van der Waals surface area (Å²) >= 11 is 1.53. The number of hydrogen-bond donors (Lipinski definition) is 0. The van der Waals surface area contributed by atoms with Crippen molar-refractivity contribution in [2.45, 2.75) is 40.2 Å². The van der Waals surface area contributed by atoms with Crippen LogP contribution < -0.4 is 0 Å². The highest BCUT2D eigenvalue weighted by molar-refractivity contribution is 7.13. The van der Waals surface area contributed by atoms with Crippen LogP contribution in [0.5, 0.6) is 0 Å². The summed E-state index contributed by atoms with van der Waals surface area (Å²) in [7, 11) is 0. The molecule has 3 rings (SSSR count). The number of amides is 1. The summed E-state index contributed by atoms with van der Waals surface area (Å²) in [6.07, 6.45) is 0. The largest absolute Gasteiger partial charge is 0.340 e. The number of hydrogen-bond acceptors (Lipinski definition) is 7. The lowest BCUT2D eigenvalue weighted by atomic mass is 10.2. The highest BCUT2D eigenvalue weighted by Crippen LogP contribution is 2.26. The molecule has 130 valence electrons. The van der Waals surface area contributed by atoms with E-state index in [0.717, 1.165) is 28.7 Å². The fourth-order valence-electron chi connectivity index (χ4n) is 2.72. The number of carbonyl (C=O) groups excluding carboxylic acids is 1. The minimum Gasteiger partial charge on any atom is -0.340 e. The van der Waals surface area contributed by atoms with Gasteiger partial charge in [-0.1, -0.05) is 19.0 Å². The van der Waals surface area contributed by atoms with Crippen LogP contribution in [0, 0.1) is 13.8 Å². The Kier molecular flexibility index (Phi) is 4.96. The molecule has 1 fully saturated rings. The van der Waals surface area contributed by atoms with Crippen molar-refractivity contribution in [3.05, 3.63) is 27.3 Å². The maximum absolute atomic E-state index is 12.8. The average molecular weight is 349 g/mol. The molecule has 0 unspecified atom stereocenters. The number of piperazine rings is 1. The van der Waals surface area contributed by atoms with Gasteiger partial charge in [0.25, 0.3) is 5.91 Å². The fourth-order valence-corrected chi connectivity index (χ4v) is 3.76. The molecular formula is C16H23N5O2S. The van der Waals surface area contributed by atoms with Crippen LogP contribution in [0.3, 0.4) is 0 Å². The first kappa shape index (κ1) is 17.0. The molecule has 0 aliphatic carbocycles. The number of aromatic nitrogens is 3. The molecule has 2 aromatic heterocycles. The van der Waals surface area contributed by atoms with E-state index in [1.54, 1.807) is 6.92 Å². The van der Waals surface area contributed by atoms with Crippen molar-refractivity contribution < 1.29 is 9.32 Å². The van der Waals surface area contributed by atoms with E-state index in [2.05, 4.69) is 33.9 Å². The van der Waals surface area contributed by atoms with Gasteiger partial charge in [0.15, 0.2) is 5.82 Å². The van der Waals surface area contributed by atoms with Gasteiger partial charge >= 0.3 is 0 Å². The number of thiazole rings is 1. The molecule has 0 N–H and O–H groups in total. The summed E-state index contributed by atoms with van der Waals surface area (Å²) in [5, 5.41) is 4.96. The first-order valence-electron chi connectivity index (χ1n) is 8.22. The molecule has 0 radical (unpaired) electrons. The van der Waals surface area contributed by atoms with Crippen molar-refractivity contribution in [2.24, 2.45) is 0 Å². The Morgan fingerprint density at radius 3 is 2.46 bits per heavy atom. The standard InChI is InChI=1S/C16H23N5O2S/c1-10(2)15-17-11(3)14(24-15)16(22)21-7-5-20(6-8-21)9-13-18-12(4)23-19-13/h10H,5-9H2,1-4H3. The maximum Gasteiger partial charge on any atom is 0.265 e. The van der Waals surface area contributed by atoms with Gasteiger partial charge in [0.05, 0.1) is 17.2 Å². The summed E-state index contributed by atoms with van der Waals surface area (Å²) in [4.78, 5) is 26.5. The molecule has 1 aliphatic rings. The van der Waals surface area contributed by atoms with E-state index < -0.39 is 0 Å². The molecule has 8 heteroatoms. The van der Waals surface area contributed by atoms with Crippen LogP contribution in [0.15, 0.2) is 4.52 Å². The molecule has 1 saturated heterocycles. The van der Waals surface area contributed by atoms with Crippen LogP contribution in [0.1, 0.15) is 51.9 Å². The molecular weight excluding hydrogens is 326 g/mol. The zero-order chi connectivity index (χ0) is 17.3. The zero-order valence-electron chi connectivity index (χ0n) is 14.6. The average Bonchev–Trinajstić information content (AvgIpc) is 3.13. The van der Waals surface area contributed by atoms with Crippen LogP contribution in [-0.2, 0) is 6.54 Å². The summed E-state index contributed by atoms with van der Waals surface area (Å²) in [5.74, 6) is 1.74. The number of aryl methyl sites for hydroxylation is 2. The van der Waals surface area contributed by atoms with E-state index in [1.807, 2.05) is 11.8 Å². The van der Waals surface area contributed by atoms with Gasteiger partial charge in [0.2, 0.25) is 5.89 Å². The van der Waals surface area contributed by atoms with Gasteiger partial charge in [0, 0.05) is 39.0 Å². The van der Waals surface area contributed by atoms with Gasteiger partial charge in [-0.05, 0) is 6.92 Å². The minimum absolute atomic E-state index is 0.104. The molecule has 0 aromatic carbocycles. The molecule has 0 atom stereocenters. The molecule has 1 aliphatic heterocycles. The van der Waals surface area contributed by atoms with E-state index in [9.17, 15) is 4.79 Å². The first-order chi connectivity index (χ1) is 11.4. The Balaban J connectivity index is 1.59. The third-order valence-corrected chi connectivity index (χ3v) is 5.54. The molecule has 24 heavy (non-hydrogen) atoms. The topological polar surface area (TPSA) is 75.4 Å². The third kappa shape index (κ3) is 3.64. The van der Waals surface area contributed by atoms with Crippen molar-refractivity contribution in [2.75, 3.05) is 26.2 Å². The van der Waals surface area contributed by atoms with E-state index in [0.29, 0.717) is 37.3 Å². The molecule has 3 heterocycles. The van der Waals surface area contributed by atoms with Crippen LogP contribution in [0.25, 0.3) is 0 Å². The monoisotopic (exact) mass is 349 g/mol. The minimum atomic E-state index is 0.104. The van der Waals surface area contributed by atoms with Crippen LogP contribution in [-0.4, -0.2) is 57.0 Å². The zero-order valence-corrected chi connectivity index (χ0v) is 15.4. The number of nitrogens with zero attached hydrogens (tertiary/aromatic N) is 5. The Bertz CT molecular complexity index is 716. The summed E-state index contributed by atoms with van der Waals surface area (Å²) in [5.41, 5.74) is 0.846. The van der Waals surface area contributed by atoms with Crippen molar-refractivity contribution in [3.63, 3.8) is 0 Å². The first-order valence-corrected chi connectivity index (χ1v) is 9.04. The normalized spacial score (nSPS) is 16.1. The Labute approximate surface area is 145 Å². The maximum atomic E-state index is 12.8. The summed E-state index contributed by atoms with van der Waals surface area (Å²) < 4.78 is 5.00. The molecule has 2 aromatic rings. The lowest BCUT2D eigenvalue weighted by Gasteiger charge is -2.33. The van der Waals surface area contributed by atoms with Crippen LogP contribution >= 0.6 is 11.3 Å². The van der Waals surface area contributed by atoms with Gasteiger partial charge in [0.1, 0.15) is 4.88 Å². The van der Waals surface area contributed by atoms with Crippen molar-refractivity contribution in [1.82, 2.24) is 24.9 Å². The van der Waals surface area contributed by atoms with Crippen LogP contribution in [0.2, 0.25) is 0 Å². The predicted octanol–water partition coefficient (Wildman–Crippen LogP) is 2.22. The van der Waals surface area contributed by atoms with E-state index in [-0.39, 0.29) is 5.91 Å². The Morgan fingerprint density at radius 2 is 1.92 bits per heavy atom. The second kappa shape index (κ2) is 6.98. The predicted molar refractivity (Wildman–Crippen MR) is 91.2 cm³/mol. The van der Waals surface area contributed by atoms with Gasteiger partial charge in [-0.2, -0.15) is 4.98 Å². The second-order valence-electron chi connectivity index (χ2n) is 6.42. The molecule has 1 amide bonds. The SMILES string of the molecule is Cc1nc(CN2CCN(C(=O)c3sc(C(C)C)nc3C)CC2)no1. The number of carbonyl (C=O) groups is 1. The van der Waals surface area contributed by atoms with Crippen molar-refractivity contribution in [1.29, 1.82) is 0 Å². The third-order valence-electron chi connectivity index (χ3n) is 4.10. The lowest BCUT2D eigenvalue weighted by Crippen LogP contribution is -2.48. The van der Waals surface area contributed by atoms with Crippen molar-refractivity contribution >= 4 is 17.2 Å². The highest BCUT2D eigenvalue weighted by Gasteiger charge is 2.26. The summed E-state index contributed by atoms with van der Waals surface area (Å²) in [6.45, 7) is 11.6. The molecule has 0 saturated carbocycles. The highest BCUT2D eigenvalue weighted by atomic mass is 32.1. The van der Waals surface area contributed by atoms with E-state index in [1.165, 1.54) is 11.3 Å². The van der Waals surface area contributed by atoms with Crippen molar-refractivity contribution in [3.8, 4) is 0 Å². The molecule has 0 spiro atoms. The molecule has 0 bridgehead atoms. The molecule has 7 nitrogen and oxygen atoms in total. The lowest BCUT2D eigenvalue weighted by molar-refractivity contribution is 0.0628. The van der Waals surface area contributed by atoms with Gasteiger partial charge in [-0.3, -0.25) is 9.69 Å². The second-order valence-corrected chi connectivity index (χ2v) is 7.45. The Morgan fingerprint density at radius 1 is 1.21 bits per heavy atom. The van der Waals surface area contributed by atoms with Gasteiger partial charge in [-0.25, -0.2) is 4.98 Å².